The first-order valence-electron chi connectivity index (χ1n) is 6.08. The molecule has 1 aromatic carbocycles. The lowest BCUT2D eigenvalue weighted by Crippen LogP contribution is -2.06. The monoisotopic (exact) mass is 318 g/mol. The third kappa shape index (κ3) is 3.14. The summed E-state index contributed by atoms with van der Waals surface area (Å²) in [4.78, 5) is 29.7. The van der Waals surface area contributed by atoms with Gasteiger partial charge in [-0.2, -0.15) is 0 Å². The molecule has 2 aromatic heterocycles. The van der Waals surface area contributed by atoms with Gasteiger partial charge in [-0.3, -0.25) is 9.59 Å². The molecule has 5 nitrogen and oxygen atoms in total. The SMILES string of the molecule is O=C(O)Cc1csc(Sc2cc3ccccc3c(=O)[nH]2)n1. The topological polar surface area (TPSA) is 83.0 Å². The average Bonchev–Trinajstić information content (AvgIpc) is 2.85. The fraction of sp³-hybridized carbons (Fsp3) is 0.0714. The summed E-state index contributed by atoms with van der Waals surface area (Å²) in [5.74, 6) is -0.907. The first kappa shape index (κ1) is 13.8. The summed E-state index contributed by atoms with van der Waals surface area (Å²) in [5, 5.41) is 12.7. The molecule has 0 radical (unpaired) electrons. The first-order valence-corrected chi connectivity index (χ1v) is 7.77. The van der Waals surface area contributed by atoms with Gasteiger partial charge < -0.3 is 10.1 Å². The van der Waals surface area contributed by atoms with Gasteiger partial charge in [0.2, 0.25) is 0 Å². The number of thiazole rings is 1. The number of nitrogens with zero attached hydrogens (tertiary/aromatic N) is 1. The van der Waals surface area contributed by atoms with Crippen molar-refractivity contribution >= 4 is 39.8 Å². The molecule has 0 spiro atoms. The second kappa shape index (κ2) is 5.71. The molecular formula is C14H10N2O3S2. The molecule has 0 saturated heterocycles. The molecule has 21 heavy (non-hydrogen) atoms. The number of carbonyl (C=O) groups is 1. The van der Waals surface area contributed by atoms with Crippen molar-refractivity contribution in [2.24, 2.45) is 0 Å². The summed E-state index contributed by atoms with van der Waals surface area (Å²) in [6, 6.07) is 9.25. The van der Waals surface area contributed by atoms with Crippen LogP contribution in [-0.4, -0.2) is 21.0 Å². The van der Waals surface area contributed by atoms with Gasteiger partial charge in [0.25, 0.3) is 5.56 Å². The normalized spacial score (nSPS) is 10.9. The fourth-order valence-corrected chi connectivity index (χ4v) is 3.74. The number of aliphatic carboxylic acids is 1. The maximum Gasteiger partial charge on any atom is 0.309 e. The molecule has 3 rings (SSSR count). The number of carboxylic acid groups (broad SMARTS) is 1. The van der Waals surface area contributed by atoms with Crippen LogP contribution in [0, 0.1) is 0 Å². The van der Waals surface area contributed by atoms with Crippen molar-refractivity contribution in [1.29, 1.82) is 0 Å². The summed E-state index contributed by atoms with van der Waals surface area (Å²) < 4.78 is 0.706. The van der Waals surface area contributed by atoms with Crippen molar-refractivity contribution in [1.82, 2.24) is 9.97 Å². The van der Waals surface area contributed by atoms with Crippen LogP contribution in [0.2, 0.25) is 0 Å². The summed E-state index contributed by atoms with van der Waals surface area (Å²) in [5.41, 5.74) is 0.385. The van der Waals surface area contributed by atoms with E-state index in [9.17, 15) is 9.59 Å². The molecule has 0 amide bonds. The zero-order valence-corrected chi connectivity index (χ0v) is 12.3. The Bertz CT molecular complexity index is 870. The highest BCUT2D eigenvalue weighted by molar-refractivity contribution is 8.01. The number of nitrogens with one attached hydrogen (secondary N) is 1. The number of pyridine rings is 1. The number of H-pyrrole nitrogens is 1. The highest BCUT2D eigenvalue weighted by atomic mass is 32.2. The van der Waals surface area contributed by atoms with E-state index in [1.165, 1.54) is 23.1 Å². The van der Waals surface area contributed by atoms with E-state index in [-0.39, 0.29) is 12.0 Å². The lowest BCUT2D eigenvalue weighted by molar-refractivity contribution is -0.136. The molecule has 0 aliphatic carbocycles. The molecule has 2 N–H and O–H groups in total. The van der Waals surface area contributed by atoms with Crippen molar-refractivity contribution in [3.05, 3.63) is 51.8 Å². The van der Waals surface area contributed by atoms with Gasteiger partial charge in [-0.15, -0.1) is 11.3 Å². The van der Waals surface area contributed by atoms with Crippen LogP contribution >= 0.6 is 23.1 Å². The van der Waals surface area contributed by atoms with Crippen molar-refractivity contribution in [2.75, 3.05) is 0 Å². The summed E-state index contributed by atoms with van der Waals surface area (Å²) in [6.07, 6.45) is -0.0920. The van der Waals surface area contributed by atoms with Gasteiger partial charge in [-0.25, -0.2) is 4.98 Å². The zero-order chi connectivity index (χ0) is 14.8. The molecule has 2 heterocycles. The summed E-state index contributed by atoms with van der Waals surface area (Å²) in [7, 11) is 0. The highest BCUT2D eigenvalue weighted by Gasteiger charge is 2.09. The summed E-state index contributed by atoms with van der Waals surface area (Å²) >= 11 is 2.69. The number of benzene rings is 1. The number of aromatic amines is 1. The maximum absolute atomic E-state index is 12.0. The minimum atomic E-state index is -0.907. The molecule has 3 aromatic rings. The van der Waals surface area contributed by atoms with Crippen LogP contribution in [-0.2, 0) is 11.2 Å². The third-order valence-electron chi connectivity index (χ3n) is 2.79. The summed E-state index contributed by atoms with van der Waals surface area (Å²) in [6.45, 7) is 0. The first-order chi connectivity index (χ1) is 10.1. The van der Waals surface area contributed by atoms with Crippen molar-refractivity contribution < 1.29 is 9.90 Å². The van der Waals surface area contributed by atoms with Crippen molar-refractivity contribution in [3.63, 3.8) is 0 Å². The average molecular weight is 318 g/mol. The second-order valence-electron chi connectivity index (χ2n) is 4.33. The molecule has 0 aliphatic heterocycles. The van der Waals surface area contributed by atoms with Gasteiger partial charge >= 0.3 is 5.97 Å². The number of carboxylic acids is 1. The molecule has 7 heteroatoms. The lowest BCUT2D eigenvalue weighted by Gasteiger charge is -2.01. The number of hydrogen-bond acceptors (Lipinski definition) is 5. The van der Waals surface area contributed by atoms with Crippen LogP contribution in [0.25, 0.3) is 10.8 Å². The van der Waals surface area contributed by atoms with Crippen LogP contribution in [0.4, 0.5) is 0 Å². The smallest absolute Gasteiger partial charge is 0.309 e. The van der Waals surface area contributed by atoms with E-state index in [1.807, 2.05) is 24.3 Å². The van der Waals surface area contributed by atoms with Crippen molar-refractivity contribution in [2.45, 2.75) is 15.8 Å². The van der Waals surface area contributed by atoms with Crippen LogP contribution < -0.4 is 5.56 Å². The van der Waals surface area contributed by atoms with E-state index in [0.29, 0.717) is 20.4 Å². The molecule has 0 aliphatic rings. The largest absolute Gasteiger partial charge is 0.481 e. The van der Waals surface area contributed by atoms with Crippen LogP contribution in [0.1, 0.15) is 5.69 Å². The van der Waals surface area contributed by atoms with E-state index in [4.69, 9.17) is 5.11 Å². The molecular weight excluding hydrogens is 308 g/mol. The van der Waals surface area contributed by atoms with Crippen LogP contribution in [0.15, 0.2) is 49.9 Å². The van der Waals surface area contributed by atoms with E-state index < -0.39 is 5.97 Å². The van der Waals surface area contributed by atoms with Crippen LogP contribution in [0.3, 0.4) is 0 Å². The Morgan fingerprint density at radius 1 is 1.38 bits per heavy atom. The van der Waals surface area contributed by atoms with Gasteiger partial charge in [-0.1, -0.05) is 18.2 Å². The predicted octanol–water partition coefficient (Wildman–Crippen LogP) is 2.76. The minimum Gasteiger partial charge on any atom is -0.481 e. The van der Waals surface area contributed by atoms with E-state index in [2.05, 4.69) is 9.97 Å². The van der Waals surface area contributed by atoms with Gasteiger partial charge in [0.15, 0.2) is 4.34 Å². The Balaban J connectivity index is 1.89. The number of fused-ring (bicyclic) bond motifs is 1. The molecule has 0 fully saturated rings. The second-order valence-corrected chi connectivity index (χ2v) is 6.47. The lowest BCUT2D eigenvalue weighted by atomic mass is 10.2. The minimum absolute atomic E-state index is 0.0920. The Labute approximate surface area is 127 Å². The number of rotatable bonds is 4. The Morgan fingerprint density at radius 2 is 2.19 bits per heavy atom. The molecule has 106 valence electrons. The standard InChI is InChI=1S/C14H10N2O3S2/c17-12(18)6-9-7-20-14(15-9)21-11-5-8-3-1-2-4-10(8)13(19)16-11/h1-5,7H,6H2,(H,16,19)(H,17,18). The van der Waals surface area contributed by atoms with E-state index >= 15 is 0 Å². The number of hydrogen-bond donors (Lipinski definition) is 2. The Kier molecular flexibility index (Phi) is 3.76. The molecule has 0 saturated carbocycles. The molecule has 0 atom stereocenters. The van der Waals surface area contributed by atoms with Gasteiger partial charge in [0, 0.05) is 10.8 Å². The van der Waals surface area contributed by atoms with Gasteiger partial charge in [0.1, 0.15) is 0 Å². The third-order valence-corrected chi connectivity index (χ3v) is 4.72. The predicted molar refractivity (Wildman–Crippen MR) is 82.1 cm³/mol. The molecule has 0 bridgehead atoms. The van der Waals surface area contributed by atoms with Gasteiger partial charge in [0.05, 0.1) is 17.1 Å². The van der Waals surface area contributed by atoms with Gasteiger partial charge in [-0.05, 0) is 29.3 Å². The van der Waals surface area contributed by atoms with Crippen LogP contribution in [0.5, 0.6) is 0 Å². The Hall–Kier alpha value is -2.12. The zero-order valence-electron chi connectivity index (χ0n) is 10.7. The number of aromatic nitrogens is 2. The van der Waals surface area contributed by atoms with E-state index in [0.717, 1.165) is 5.39 Å². The Morgan fingerprint density at radius 3 is 3.00 bits per heavy atom. The fourth-order valence-electron chi connectivity index (χ4n) is 1.91. The quantitative estimate of drug-likeness (QED) is 0.773. The molecule has 0 unspecified atom stereocenters. The highest BCUT2D eigenvalue weighted by Crippen LogP contribution is 2.29. The van der Waals surface area contributed by atoms with Crippen molar-refractivity contribution in [3.8, 4) is 0 Å². The van der Waals surface area contributed by atoms with E-state index in [1.54, 1.807) is 11.4 Å². The maximum atomic E-state index is 12.0.